The first-order valence-corrected chi connectivity index (χ1v) is 4.07. The van der Waals surface area contributed by atoms with E-state index in [4.69, 9.17) is 0 Å². The topological polar surface area (TPSA) is 34.1 Å². The summed E-state index contributed by atoms with van der Waals surface area (Å²) in [6.45, 7) is 4.62. The molecule has 0 aliphatic heterocycles. The number of carbonyl (C=O) groups excluding carboxylic acids is 2. The van der Waals surface area contributed by atoms with E-state index in [9.17, 15) is 9.59 Å². The predicted octanol–water partition coefficient (Wildman–Crippen LogP) is 3.76. The second-order valence-corrected chi connectivity index (χ2v) is 2.83. The second-order valence-electron chi connectivity index (χ2n) is 2.83. The molecule has 0 fully saturated rings. The van der Waals surface area contributed by atoms with Gasteiger partial charge in [-0.1, -0.05) is 45.2 Å². The van der Waals surface area contributed by atoms with Crippen LogP contribution in [0.5, 0.6) is 0 Å². The van der Waals surface area contributed by atoms with Crippen LogP contribution in [0.1, 0.15) is 46.0 Å². The van der Waals surface area contributed by atoms with E-state index >= 15 is 0 Å². The van der Waals surface area contributed by atoms with Crippen molar-refractivity contribution in [3.63, 3.8) is 0 Å². The van der Waals surface area contributed by atoms with Gasteiger partial charge in [0, 0.05) is 5.56 Å². The molecular weight excluding hydrogens is 188 g/mol. The van der Waals surface area contributed by atoms with E-state index in [1.54, 1.807) is 6.92 Å². The van der Waals surface area contributed by atoms with Crippen molar-refractivity contribution in [3.05, 3.63) is 35.9 Å². The summed E-state index contributed by atoms with van der Waals surface area (Å²) in [6.07, 6.45) is 0. The van der Waals surface area contributed by atoms with E-state index in [0.29, 0.717) is 0 Å². The monoisotopic (exact) mass is 210 g/mol. The van der Waals surface area contributed by atoms with Crippen molar-refractivity contribution in [2.45, 2.75) is 35.6 Å². The fourth-order valence-electron chi connectivity index (χ4n) is 0.673. The van der Waals surface area contributed by atoms with Crippen LogP contribution in [0.3, 0.4) is 0 Å². The molecule has 0 saturated heterocycles. The van der Waals surface area contributed by atoms with E-state index in [-0.39, 0.29) is 26.4 Å². The molecule has 0 bridgehead atoms. The normalized spacial score (nSPS) is 7.13. The minimum absolute atomic E-state index is 0. The molecule has 0 aliphatic rings. The Morgan fingerprint density at radius 1 is 0.867 bits per heavy atom. The number of hydrogen-bond donors (Lipinski definition) is 0. The fraction of sp³-hybridized carbons (Fsp3) is 0.385. The van der Waals surface area contributed by atoms with Crippen LogP contribution in [0.25, 0.3) is 0 Å². The van der Waals surface area contributed by atoms with Crippen LogP contribution >= 0.6 is 0 Å². The van der Waals surface area contributed by atoms with Gasteiger partial charge in [-0.05, 0) is 20.8 Å². The maximum absolute atomic E-state index is 10.6. The van der Waals surface area contributed by atoms with E-state index in [2.05, 4.69) is 0 Å². The first kappa shape index (κ1) is 19.2. The van der Waals surface area contributed by atoms with E-state index in [1.807, 2.05) is 30.3 Å². The lowest BCUT2D eigenvalue weighted by Gasteiger charge is -1.89. The number of ketones is 2. The van der Waals surface area contributed by atoms with E-state index in [1.165, 1.54) is 13.8 Å². The molecule has 2 heteroatoms. The summed E-state index contributed by atoms with van der Waals surface area (Å²) in [5.74, 6) is 0.288. The first-order chi connectivity index (χ1) is 6.04. The van der Waals surface area contributed by atoms with Gasteiger partial charge in [-0.2, -0.15) is 0 Å². The van der Waals surface area contributed by atoms with Gasteiger partial charge in [0.2, 0.25) is 0 Å². The highest BCUT2D eigenvalue weighted by molar-refractivity contribution is 5.93. The predicted molar refractivity (Wildman–Crippen MR) is 66.3 cm³/mol. The van der Waals surface area contributed by atoms with Gasteiger partial charge in [0.05, 0.1) is 0 Å². The minimum atomic E-state index is 0. The summed E-state index contributed by atoms with van der Waals surface area (Å²) in [4.78, 5) is 20.1. The standard InChI is InChI=1S/C8H8O.C3H6O.2CH4/c1-7(9)8-5-3-2-4-6-8;1-3(2)4;;/h2-6H,1H3;1-2H3;2*1H4. The molecule has 0 aromatic heterocycles. The van der Waals surface area contributed by atoms with Crippen molar-refractivity contribution >= 4 is 11.6 Å². The van der Waals surface area contributed by atoms with Crippen molar-refractivity contribution in [2.24, 2.45) is 0 Å². The quantitative estimate of drug-likeness (QED) is 0.661. The Labute approximate surface area is 93.3 Å². The average molecular weight is 210 g/mol. The Hall–Kier alpha value is -1.44. The van der Waals surface area contributed by atoms with Gasteiger partial charge >= 0.3 is 0 Å². The molecular formula is C13H22O2. The molecule has 15 heavy (non-hydrogen) atoms. The Morgan fingerprint density at radius 3 is 1.40 bits per heavy atom. The third-order valence-electron chi connectivity index (χ3n) is 1.18. The number of Topliss-reactive ketones (excluding diaryl/α,β-unsaturated/α-hetero) is 2. The lowest BCUT2D eigenvalue weighted by Crippen LogP contribution is -1.88. The number of rotatable bonds is 1. The van der Waals surface area contributed by atoms with Crippen LogP contribution in [0.2, 0.25) is 0 Å². The minimum Gasteiger partial charge on any atom is -0.300 e. The molecule has 1 aromatic rings. The molecule has 0 heterocycles. The van der Waals surface area contributed by atoms with Gasteiger partial charge in [0.1, 0.15) is 5.78 Å². The zero-order chi connectivity index (χ0) is 10.3. The van der Waals surface area contributed by atoms with Gasteiger partial charge in [-0.15, -0.1) is 0 Å². The third-order valence-corrected chi connectivity index (χ3v) is 1.18. The van der Waals surface area contributed by atoms with Gasteiger partial charge in [0.15, 0.2) is 5.78 Å². The maximum atomic E-state index is 10.6. The van der Waals surface area contributed by atoms with Gasteiger partial charge in [-0.25, -0.2) is 0 Å². The van der Waals surface area contributed by atoms with Crippen molar-refractivity contribution in [3.8, 4) is 0 Å². The summed E-state index contributed by atoms with van der Waals surface area (Å²) < 4.78 is 0. The average Bonchev–Trinajstić information content (AvgIpc) is 2.05. The van der Waals surface area contributed by atoms with Crippen molar-refractivity contribution in [1.82, 2.24) is 0 Å². The summed E-state index contributed by atoms with van der Waals surface area (Å²) in [7, 11) is 0. The zero-order valence-electron chi connectivity index (χ0n) is 8.20. The molecule has 0 atom stereocenters. The molecule has 0 unspecified atom stereocenters. The third kappa shape index (κ3) is 12.6. The van der Waals surface area contributed by atoms with Crippen LogP contribution in [0.4, 0.5) is 0 Å². The summed E-state index contributed by atoms with van der Waals surface area (Å²) >= 11 is 0. The Morgan fingerprint density at radius 2 is 1.20 bits per heavy atom. The van der Waals surface area contributed by atoms with Crippen molar-refractivity contribution in [2.75, 3.05) is 0 Å². The molecule has 0 saturated carbocycles. The van der Waals surface area contributed by atoms with Crippen molar-refractivity contribution in [1.29, 1.82) is 0 Å². The SMILES string of the molecule is C.C.CC(=O)c1ccccc1.CC(C)=O. The number of hydrogen-bond acceptors (Lipinski definition) is 2. The van der Waals surface area contributed by atoms with Crippen LogP contribution < -0.4 is 0 Å². The van der Waals surface area contributed by atoms with Crippen LogP contribution in [-0.2, 0) is 4.79 Å². The Balaban J connectivity index is -0.000000213. The largest absolute Gasteiger partial charge is 0.300 e. The lowest BCUT2D eigenvalue weighted by molar-refractivity contribution is -0.114. The highest BCUT2D eigenvalue weighted by atomic mass is 16.1. The van der Waals surface area contributed by atoms with Crippen molar-refractivity contribution < 1.29 is 9.59 Å². The smallest absolute Gasteiger partial charge is 0.159 e. The van der Waals surface area contributed by atoms with Gasteiger partial charge in [0.25, 0.3) is 0 Å². The molecule has 0 spiro atoms. The molecule has 1 aromatic carbocycles. The van der Waals surface area contributed by atoms with Gasteiger partial charge in [-0.3, -0.25) is 4.79 Å². The zero-order valence-corrected chi connectivity index (χ0v) is 8.20. The molecule has 1 rings (SSSR count). The molecule has 0 amide bonds. The van der Waals surface area contributed by atoms with Crippen LogP contribution in [0, 0.1) is 0 Å². The van der Waals surface area contributed by atoms with E-state index in [0.717, 1.165) is 5.56 Å². The number of benzene rings is 1. The first-order valence-electron chi connectivity index (χ1n) is 4.07. The van der Waals surface area contributed by atoms with Crippen LogP contribution in [0.15, 0.2) is 30.3 Å². The lowest BCUT2D eigenvalue weighted by atomic mass is 10.2. The van der Waals surface area contributed by atoms with E-state index < -0.39 is 0 Å². The molecule has 86 valence electrons. The number of carbonyl (C=O) groups is 2. The Kier molecular flexibility index (Phi) is 13.6. The summed E-state index contributed by atoms with van der Waals surface area (Å²) in [5, 5.41) is 0. The molecule has 0 aliphatic carbocycles. The molecule has 0 radical (unpaired) electrons. The summed E-state index contributed by atoms with van der Waals surface area (Å²) in [6, 6.07) is 9.23. The fourth-order valence-corrected chi connectivity index (χ4v) is 0.673. The summed E-state index contributed by atoms with van der Waals surface area (Å²) in [5.41, 5.74) is 0.775. The highest BCUT2D eigenvalue weighted by Gasteiger charge is 1.92. The maximum Gasteiger partial charge on any atom is 0.159 e. The second kappa shape index (κ2) is 10.6. The molecule has 0 N–H and O–H groups in total. The highest BCUT2D eigenvalue weighted by Crippen LogP contribution is 1.97. The molecule has 2 nitrogen and oxygen atoms in total. The van der Waals surface area contributed by atoms with Crippen LogP contribution in [-0.4, -0.2) is 11.6 Å². The Bertz CT molecular complexity index is 272. The van der Waals surface area contributed by atoms with Gasteiger partial charge < -0.3 is 4.79 Å².